The van der Waals surface area contributed by atoms with Crippen molar-refractivity contribution in [2.45, 2.75) is 12.8 Å². The van der Waals surface area contributed by atoms with Crippen LogP contribution < -0.4 is 15.8 Å². The SMILES string of the molecule is O=C(Nc1ccc(N2CCCC2)nc1)c1cc(=O)[nH]c2ccccc12. The van der Waals surface area contributed by atoms with E-state index >= 15 is 0 Å². The second kappa shape index (κ2) is 6.39. The summed E-state index contributed by atoms with van der Waals surface area (Å²) >= 11 is 0. The number of rotatable bonds is 3. The maximum atomic E-state index is 12.6. The minimum atomic E-state index is -0.321. The second-order valence-electron chi connectivity index (χ2n) is 6.15. The molecular weight excluding hydrogens is 316 g/mol. The Morgan fingerprint density at radius 3 is 2.68 bits per heavy atom. The smallest absolute Gasteiger partial charge is 0.256 e. The van der Waals surface area contributed by atoms with Crippen molar-refractivity contribution >= 4 is 28.3 Å². The molecular formula is C19H18N4O2. The summed E-state index contributed by atoms with van der Waals surface area (Å²) in [6.45, 7) is 2.05. The van der Waals surface area contributed by atoms with Crippen molar-refractivity contribution in [2.75, 3.05) is 23.3 Å². The lowest BCUT2D eigenvalue weighted by Gasteiger charge is -2.16. The Hall–Kier alpha value is -3.15. The van der Waals surface area contributed by atoms with Crippen molar-refractivity contribution in [1.82, 2.24) is 9.97 Å². The molecule has 3 aromatic rings. The first-order valence-corrected chi connectivity index (χ1v) is 8.35. The highest BCUT2D eigenvalue weighted by atomic mass is 16.2. The number of aromatic amines is 1. The molecule has 0 aliphatic carbocycles. The number of hydrogen-bond donors (Lipinski definition) is 2. The summed E-state index contributed by atoms with van der Waals surface area (Å²) < 4.78 is 0. The first-order valence-electron chi connectivity index (χ1n) is 8.35. The van der Waals surface area contributed by atoms with Crippen LogP contribution in [0.25, 0.3) is 10.9 Å². The van der Waals surface area contributed by atoms with Crippen molar-refractivity contribution in [3.05, 3.63) is 64.6 Å². The van der Waals surface area contributed by atoms with Gasteiger partial charge < -0.3 is 15.2 Å². The molecule has 126 valence electrons. The molecule has 2 aromatic heterocycles. The summed E-state index contributed by atoms with van der Waals surface area (Å²) in [7, 11) is 0. The lowest BCUT2D eigenvalue weighted by molar-refractivity contribution is 0.102. The van der Waals surface area contributed by atoms with Gasteiger partial charge in [-0.2, -0.15) is 0 Å². The van der Waals surface area contributed by atoms with Crippen LogP contribution in [0.1, 0.15) is 23.2 Å². The van der Waals surface area contributed by atoms with Crippen LogP contribution in [0.2, 0.25) is 0 Å². The van der Waals surface area contributed by atoms with Crippen molar-refractivity contribution in [3.63, 3.8) is 0 Å². The normalized spacial score (nSPS) is 14.0. The Bertz CT molecular complexity index is 973. The van der Waals surface area contributed by atoms with Crippen LogP contribution in [0.5, 0.6) is 0 Å². The van der Waals surface area contributed by atoms with E-state index in [1.807, 2.05) is 30.3 Å². The Labute approximate surface area is 144 Å². The molecule has 0 spiro atoms. The average Bonchev–Trinajstić information content (AvgIpc) is 3.16. The molecule has 1 aliphatic heterocycles. The van der Waals surface area contributed by atoms with Gasteiger partial charge in [0.15, 0.2) is 0 Å². The van der Waals surface area contributed by atoms with Gasteiger partial charge in [-0.3, -0.25) is 9.59 Å². The maximum absolute atomic E-state index is 12.6. The molecule has 3 heterocycles. The highest BCUT2D eigenvalue weighted by Crippen LogP contribution is 2.20. The summed E-state index contributed by atoms with van der Waals surface area (Å²) in [5.74, 6) is 0.607. The minimum Gasteiger partial charge on any atom is -0.357 e. The monoisotopic (exact) mass is 334 g/mol. The predicted molar refractivity (Wildman–Crippen MR) is 98.2 cm³/mol. The molecule has 1 saturated heterocycles. The van der Waals surface area contributed by atoms with Crippen LogP contribution in [0.15, 0.2) is 53.5 Å². The Balaban J connectivity index is 1.59. The van der Waals surface area contributed by atoms with E-state index in [1.165, 1.54) is 18.9 Å². The number of fused-ring (bicyclic) bond motifs is 1. The maximum Gasteiger partial charge on any atom is 0.256 e. The van der Waals surface area contributed by atoms with Crippen molar-refractivity contribution in [2.24, 2.45) is 0 Å². The van der Waals surface area contributed by atoms with Gasteiger partial charge in [0.1, 0.15) is 5.82 Å². The molecule has 6 nitrogen and oxygen atoms in total. The van der Waals surface area contributed by atoms with Gasteiger partial charge in [0.2, 0.25) is 5.56 Å². The van der Waals surface area contributed by atoms with E-state index in [0.29, 0.717) is 22.2 Å². The van der Waals surface area contributed by atoms with Gasteiger partial charge in [-0.25, -0.2) is 4.98 Å². The molecule has 0 unspecified atom stereocenters. The minimum absolute atomic E-state index is 0.300. The zero-order valence-corrected chi connectivity index (χ0v) is 13.7. The number of amides is 1. The van der Waals surface area contributed by atoms with Crippen LogP contribution in [-0.2, 0) is 0 Å². The summed E-state index contributed by atoms with van der Waals surface area (Å²) in [4.78, 5) is 33.8. The van der Waals surface area contributed by atoms with E-state index in [0.717, 1.165) is 18.9 Å². The highest BCUT2D eigenvalue weighted by molar-refractivity contribution is 6.12. The van der Waals surface area contributed by atoms with Crippen LogP contribution >= 0.6 is 0 Å². The van der Waals surface area contributed by atoms with Crippen LogP contribution in [-0.4, -0.2) is 29.0 Å². The molecule has 0 bridgehead atoms. The topological polar surface area (TPSA) is 78.1 Å². The third-order valence-electron chi connectivity index (χ3n) is 4.43. The third kappa shape index (κ3) is 3.10. The van der Waals surface area contributed by atoms with Crippen LogP contribution in [0.3, 0.4) is 0 Å². The zero-order valence-electron chi connectivity index (χ0n) is 13.7. The number of nitrogens with zero attached hydrogens (tertiary/aromatic N) is 2. The second-order valence-corrected chi connectivity index (χ2v) is 6.15. The number of nitrogens with one attached hydrogen (secondary N) is 2. The summed E-state index contributed by atoms with van der Waals surface area (Å²) in [6.07, 6.45) is 4.03. The fourth-order valence-electron chi connectivity index (χ4n) is 3.18. The number of carbonyl (C=O) groups is 1. The zero-order chi connectivity index (χ0) is 17.2. The van der Waals surface area contributed by atoms with E-state index in [4.69, 9.17) is 0 Å². The van der Waals surface area contributed by atoms with E-state index in [9.17, 15) is 9.59 Å². The number of carbonyl (C=O) groups excluding carboxylic acids is 1. The number of benzene rings is 1. The van der Waals surface area contributed by atoms with Gasteiger partial charge in [0.05, 0.1) is 17.4 Å². The number of anilines is 2. The van der Waals surface area contributed by atoms with E-state index in [-0.39, 0.29) is 11.5 Å². The molecule has 1 aromatic carbocycles. The molecule has 1 aliphatic rings. The van der Waals surface area contributed by atoms with E-state index in [2.05, 4.69) is 20.2 Å². The number of hydrogen-bond acceptors (Lipinski definition) is 4. The summed E-state index contributed by atoms with van der Waals surface area (Å²) in [5.41, 5.74) is 1.30. The molecule has 0 atom stereocenters. The largest absolute Gasteiger partial charge is 0.357 e. The molecule has 6 heteroatoms. The Kier molecular flexibility index (Phi) is 3.93. The fraction of sp³-hybridized carbons (Fsp3) is 0.211. The Morgan fingerprint density at radius 1 is 1.12 bits per heavy atom. The standard InChI is InChI=1S/C19H18N4O2/c24-18-11-15(14-5-1-2-6-16(14)22-18)19(25)21-13-7-8-17(20-12-13)23-9-3-4-10-23/h1-2,5-8,11-12H,3-4,9-10H2,(H,21,25)(H,22,24). The van der Waals surface area contributed by atoms with Crippen LogP contribution in [0, 0.1) is 0 Å². The van der Waals surface area contributed by atoms with Crippen molar-refractivity contribution in [3.8, 4) is 0 Å². The fourth-order valence-corrected chi connectivity index (χ4v) is 3.18. The third-order valence-corrected chi connectivity index (χ3v) is 4.43. The lowest BCUT2D eigenvalue weighted by Crippen LogP contribution is -2.19. The molecule has 4 rings (SSSR count). The number of aromatic nitrogens is 2. The van der Waals surface area contributed by atoms with Crippen molar-refractivity contribution in [1.29, 1.82) is 0 Å². The van der Waals surface area contributed by atoms with Gasteiger partial charge in [-0.1, -0.05) is 18.2 Å². The quantitative estimate of drug-likeness (QED) is 0.772. The Morgan fingerprint density at radius 2 is 1.92 bits per heavy atom. The molecule has 1 fully saturated rings. The number of pyridine rings is 2. The first-order chi connectivity index (χ1) is 12.2. The summed E-state index contributed by atoms with van der Waals surface area (Å²) in [6, 6.07) is 12.3. The van der Waals surface area contributed by atoms with Gasteiger partial charge in [0.25, 0.3) is 5.91 Å². The van der Waals surface area contributed by atoms with Gasteiger partial charge in [-0.05, 0) is 31.0 Å². The number of para-hydroxylation sites is 1. The lowest BCUT2D eigenvalue weighted by atomic mass is 10.1. The molecule has 1 amide bonds. The average molecular weight is 334 g/mol. The van der Waals surface area contributed by atoms with Crippen LogP contribution in [0.4, 0.5) is 11.5 Å². The molecule has 0 saturated carbocycles. The summed E-state index contributed by atoms with van der Waals surface area (Å²) in [5, 5.41) is 3.53. The number of H-pyrrole nitrogens is 1. The van der Waals surface area contributed by atoms with E-state index < -0.39 is 0 Å². The van der Waals surface area contributed by atoms with Gasteiger partial charge >= 0.3 is 0 Å². The predicted octanol–water partition coefficient (Wildman–Crippen LogP) is 2.78. The van der Waals surface area contributed by atoms with Gasteiger partial charge in [-0.15, -0.1) is 0 Å². The van der Waals surface area contributed by atoms with Crippen molar-refractivity contribution < 1.29 is 4.79 Å². The first kappa shape index (κ1) is 15.4. The highest BCUT2D eigenvalue weighted by Gasteiger charge is 2.15. The molecule has 0 radical (unpaired) electrons. The molecule has 25 heavy (non-hydrogen) atoms. The van der Waals surface area contributed by atoms with Gasteiger partial charge in [0, 0.05) is 30.1 Å². The molecule has 2 N–H and O–H groups in total. The van der Waals surface area contributed by atoms with E-state index in [1.54, 1.807) is 12.3 Å².